The highest BCUT2D eigenvalue weighted by Gasteiger charge is 2.20. The van der Waals surface area contributed by atoms with E-state index in [2.05, 4.69) is 44.8 Å². The lowest BCUT2D eigenvalue weighted by atomic mass is 9.96. The van der Waals surface area contributed by atoms with Gasteiger partial charge >= 0.3 is 0 Å². The zero-order valence-corrected chi connectivity index (χ0v) is 8.27. The molecule has 2 N–H and O–H groups in total. The highest BCUT2D eigenvalue weighted by atomic mass is 15.2. The van der Waals surface area contributed by atoms with Gasteiger partial charge in [0, 0.05) is 6.54 Å². The molecular formula is C11H12N4. The summed E-state index contributed by atoms with van der Waals surface area (Å²) < 4.78 is 0. The summed E-state index contributed by atoms with van der Waals surface area (Å²) in [6.07, 6.45) is 2.53. The van der Waals surface area contributed by atoms with Gasteiger partial charge in [0.2, 0.25) is 0 Å². The summed E-state index contributed by atoms with van der Waals surface area (Å²) in [5.41, 5.74) is 2.78. The number of benzene rings is 1. The number of aromatic nitrogens is 3. The third kappa shape index (κ3) is 1.53. The first-order valence-corrected chi connectivity index (χ1v) is 5.09. The van der Waals surface area contributed by atoms with E-state index < -0.39 is 0 Å². The minimum absolute atomic E-state index is 0.266. The van der Waals surface area contributed by atoms with Crippen LogP contribution in [0.2, 0.25) is 0 Å². The van der Waals surface area contributed by atoms with Gasteiger partial charge in [-0.3, -0.25) is 5.10 Å². The highest BCUT2D eigenvalue weighted by molar-refractivity contribution is 5.30. The van der Waals surface area contributed by atoms with Crippen molar-refractivity contribution in [3.8, 4) is 0 Å². The molecule has 1 aromatic carbocycles. The van der Waals surface area contributed by atoms with Gasteiger partial charge in [0.05, 0.1) is 6.04 Å². The molecule has 3 rings (SSSR count). The van der Waals surface area contributed by atoms with Crippen LogP contribution in [0, 0.1) is 0 Å². The number of nitrogens with one attached hydrogen (secondary N) is 2. The first kappa shape index (κ1) is 8.61. The Labute approximate surface area is 87.7 Å². The fourth-order valence-corrected chi connectivity index (χ4v) is 2.03. The largest absolute Gasteiger partial charge is 0.303 e. The van der Waals surface area contributed by atoms with Gasteiger partial charge in [0.25, 0.3) is 0 Å². The van der Waals surface area contributed by atoms with E-state index in [-0.39, 0.29) is 6.04 Å². The molecule has 4 nitrogen and oxygen atoms in total. The summed E-state index contributed by atoms with van der Waals surface area (Å²) in [5.74, 6) is 0.921. The summed E-state index contributed by atoms with van der Waals surface area (Å²) in [4.78, 5) is 4.18. The van der Waals surface area contributed by atoms with Gasteiger partial charge in [-0.25, -0.2) is 4.98 Å². The van der Waals surface area contributed by atoms with Gasteiger partial charge in [0.1, 0.15) is 12.2 Å². The lowest BCUT2D eigenvalue weighted by molar-refractivity contribution is 0.478. The van der Waals surface area contributed by atoms with Gasteiger partial charge in [-0.05, 0) is 17.5 Å². The number of H-pyrrole nitrogens is 1. The first-order valence-electron chi connectivity index (χ1n) is 5.09. The Morgan fingerprint density at radius 1 is 1.20 bits per heavy atom. The predicted octanol–water partition coefficient (Wildman–Crippen LogP) is 1.19. The minimum Gasteiger partial charge on any atom is -0.303 e. The Bertz CT molecular complexity index is 449. The molecule has 0 amide bonds. The first-order chi connectivity index (χ1) is 7.43. The Morgan fingerprint density at radius 2 is 2.07 bits per heavy atom. The quantitative estimate of drug-likeness (QED) is 0.727. The third-order valence-electron chi connectivity index (χ3n) is 2.85. The van der Waals surface area contributed by atoms with Crippen LogP contribution in [-0.4, -0.2) is 15.2 Å². The van der Waals surface area contributed by atoms with E-state index in [9.17, 15) is 0 Å². The van der Waals surface area contributed by atoms with E-state index in [0.29, 0.717) is 0 Å². The molecule has 2 heterocycles. The van der Waals surface area contributed by atoms with Crippen molar-refractivity contribution >= 4 is 0 Å². The molecule has 0 fully saturated rings. The van der Waals surface area contributed by atoms with Crippen LogP contribution < -0.4 is 5.32 Å². The van der Waals surface area contributed by atoms with Crippen molar-refractivity contribution in [1.82, 2.24) is 20.5 Å². The molecule has 1 aromatic heterocycles. The van der Waals surface area contributed by atoms with Crippen LogP contribution in [0.15, 0.2) is 30.6 Å². The summed E-state index contributed by atoms with van der Waals surface area (Å²) >= 11 is 0. The molecular weight excluding hydrogens is 188 g/mol. The molecule has 1 aliphatic heterocycles. The van der Waals surface area contributed by atoms with Gasteiger partial charge in [0.15, 0.2) is 0 Å². The maximum Gasteiger partial charge on any atom is 0.141 e. The third-order valence-corrected chi connectivity index (χ3v) is 2.85. The maximum atomic E-state index is 4.18. The van der Waals surface area contributed by atoms with Crippen molar-refractivity contribution in [2.24, 2.45) is 0 Å². The Kier molecular flexibility index (Phi) is 1.99. The number of hydrogen-bond donors (Lipinski definition) is 2. The van der Waals surface area contributed by atoms with E-state index in [1.165, 1.54) is 11.1 Å². The SMILES string of the molecule is c1ccc2c(c1)CNC(c1ncn[nH]1)C2. The zero-order valence-electron chi connectivity index (χ0n) is 8.27. The summed E-state index contributed by atoms with van der Waals surface area (Å²) in [6.45, 7) is 0.904. The number of nitrogens with zero attached hydrogens (tertiary/aromatic N) is 2. The van der Waals surface area contributed by atoms with E-state index in [0.717, 1.165) is 18.8 Å². The molecule has 2 aromatic rings. The standard InChI is InChI=1S/C11H12N4/c1-2-4-9-6-12-10(5-8(9)3-1)11-13-7-14-15-11/h1-4,7,10,12H,5-6H2,(H,13,14,15). The molecule has 15 heavy (non-hydrogen) atoms. The summed E-state index contributed by atoms with van der Waals surface area (Å²) in [7, 11) is 0. The Morgan fingerprint density at radius 3 is 2.87 bits per heavy atom. The number of rotatable bonds is 1. The molecule has 0 bridgehead atoms. The number of aromatic amines is 1. The molecule has 1 aliphatic rings. The fraction of sp³-hybridized carbons (Fsp3) is 0.273. The number of hydrogen-bond acceptors (Lipinski definition) is 3. The van der Waals surface area contributed by atoms with E-state index >= 15 is 0 Å². The maximum absolute atomic E-state index is 4.18. The van der Waals surface area contributed by atoms with Gasteiger partial charge in [-0.2, -0.15) is 5.10 Å². The normalized spacial score (nSPS) is 19.9. The summed E-state index contributed by atoms with van der Waals surface area (Å²) in [5, 5.41) is 10.2. The van der Waals surface area contributed by atoms with Crippen LogP contribution >= 0.6 is 0 Å². The Balaban J connectivity index is 1.89. The van der Waals surface area contributed by atoms with E-state index in [4.69, 9.17) is 0 Å². The molecule has 0 saturated heterocycles. The summed E-state index contributed by atoms with van der Waals surface area (Å²) in [6, 6.07) is 8.78. The second-order valence-electron chi connectivity index (χ2n) is 3.78. The van der Waals surface area contributed by atoms with E-state index in [1.807, 2.05) is 0 Å². The van der Waals surface area contributed by atoms with Crippen LogP contribution in [0.4, 0.5) is 0 Å². The van der Waals surface area contributed by atoms with Crippen LogP contribution in [0.1, 0.15) is 23.0 Å². The molecule has 4 heteroatoms. The molecule has 1 atom stereocenters. The molecule has 0 saturated carbocycles. The topological polar surface area (TPSA) is 53.6 Å². The Hall–Kier alpha value is -1.68. The van der Waals surface area contributed by atoms with Crippen molar-refractivity contribution in [3.63, 3.8) is 0 Å². The average molecular weight is 200 g/mol. The molecule has 0 radical (unpaired) electrons. The van der Waals surface area contributed by atoms with Crippen LogP contribution in [0.25, 0.3) is 0 Å². The van der Waals surface area contributed by atoms with Crippen molar-refractivity contribution < 1.29 is 0 Å². The smallest absolute Gasteiger partial charge is 0.141 e. The van der Waals surface area contributed by atoms with Crippen LogP contribution in [0.3, 0.4) is 0 Å². The van der Waals surface area contributed by atoms with Crippen LogP contribution in [-0.2, 0) is 13.0 Å². The lowest BCUT2D eigenvalue weighted by Crippen LogP contribution is -2.29. The number of fused-ring (bicyclic) bond motifs is 1. The predicted molar refractivity (Wildman–Crippen MR) is 56.1 cm³/mol. The van der Waals surface area contributed by atoms with Crippen molar-refractivity contribution in [2.45, 2.75) is 19.0 Å². The lowest BCUT2D eigenvalue weighted by Gasteiger charge is -2.24. The van der Waals surface area contributed by atoms with Crippen molar-refractivity contribution in [2.75, 3.05) is 0 Å². The monoisotopic (exact) mass is 200 g/mol. The second-order valence-corrected chi connectivity index (χ2v) is 3.78. The van der Waals surface area contributed by atoms with Gasteiger partial charge < -0.3 is 5.32 Å². The fourth-order valence-electron chi connectivity index (χ4n) is 2.03. The van der Waals surface area contributed by atoms with Crippen molar-refractivity contribution in [3.05, 3.63) is 47.5 Å². The van der Waals surface area contributed by atoms with Gasteiger partial charge in [-0.1, -0.05) is 24.3 Å². The molecule has 1 unspecified atom stereocenters. The van der Waals surface area contributed by atoms with Gasteiger partial charge in [-0.15, -0.1) is 0 Å². The minimum atomic E-state index is 0.266. The molecule has 76 valence electrons. The average Bonchev–Trinajstić information content (AvgIpc) is 2.82. The zero-order chi connectivity index (χ0) is 10.1. The van der Waals surface area contributed by atoms with Crippen LogP contribution in [0.5, 0.6) is 0 Å². The van der Waals surface area contributed by atoms with E-state index in [1.54, 1.807) is 6.33 Å². The highest BCUT2D eigenvalue weighted by Crippen LogP contribution is 2.23. The molecule has 0 spiro atoms. The second kappa shape index (κ2) is 3.47. The molecule has 0 aliphatic carbocycles. The van der Waals surface area contributed by atoms with Crippen molar-refractivity contribution in [1.29, 1.82) is 0 Å².